The summed E-state index contributed by atoms with van der Waals surface area (Å²) in [6.45, 7) is 0.216. The molecule has 0 unspecified atom stereocenters. The van der Waals surface area contributed by atoms with Gasteiger partial charge in [0.15, 0.2) is 0 Å². The molecule has 2 aromatic rings. The molecular weight excluding hydrogens is 224 g/mol. The van der Waals surface area contributed by atoms with Crippen LogP contribution in [0, 0.1) is 0 Å². The van der Waals surface area contributed by atoms with Gasteiger partial charge in [-0.15, -0.1) is 0 Å². The van der Waals surface area contributed by atoms with Crippen LogP contribution in [-0.2, 0) is 0 Å². The zero-order valence-corrected chi connectivity index (χ0v) is 10.3. The molecule has 94 valence electrons. The minimum absolute atomic E-state index is 0.188. The molecule has 3 heteroatoms. The number of rotatable bonds is 6. The monoisotopic (exact) mass is 242 g/mol. The summed E-state index contributed by atoms with van der Waals surface area (Å²) in [7, 11) is 0. The summed E-state index contributed by atoms with van der Waals surface area (Å²) in [6, 6.07) is 16.3. The van der Waals surface area contributed by atoms with Gasteiger partial charge < -0.3 is 10.4 Å². The van der Waals surface area contributed by atoms with Gasteiger partial charge in [-0.05, 0) is 30.5 Å². The molecule has 0 amide bonds. The number of aliphatic hydroxyl groups is 1. The molecule has 0 spiro atoms. The van der Waals surface area contributed by atoms with E-state index in [-0.39, 0.29) is 12.6 Å². The molecule has 0 aliphatic carbocycles. The number of aliphatic hydroxyl groups excluding tert-OH is 1. The van der Waals surface area contributed by atoms with Crippen LogP contribution < -0.4 is 5.32 Å². The van der Waals surface area contributed by atoms with Gasteiger partial charge in [-0.25, -0.2) is 4.98 Å². The standard InChI is InChI=1S/C15H18N2O/c18-12-6-9-14(13-7-2-1-3-8-13)17-15-10-4-5-11-16-15/h1-5,7-8,10-11,14,18H,6,9,12H2,(H,16,17)/t14-/m0/s1. The van der Waals surface area contributed by atoms with E-state index in [1.54, 1.807) is 6.20 Å². The molecule has 0 aliphatic rings. The van der Waals surface area contributed by atoms with E-state index in [9.17, 15) is 0 Å². The second-order valence-electron chi connectivity index (χ2n) is 4.19. The first kappa shape index (κ1) is 12.6. The van der Waals surface area contributed by atoms with Crippen molar-refractivity contribution in [1.29, 1.82) is 0 Å². The number of anilines is 1. The second-order valence-corrected chi connectivity index (χ2v) is 4.19. The Bertz CT molecular complexity index is 445. The first-order valence-corrected chi connectivity index (χ1v) is 6.23. The third-order valence-electron chi connectivity index (χ3n) is 2.84. The zero-order chi connectivity index (χ0) is 12.6. The minimum Gasteiger partial charge on any atom is -0.396 e. The molecular formula is C15H18N2O. The number of pyridine rings is 1. The third kappa shape index (κ3) is 3.57. The molecule has 3 nitrogen and oxygen atoms in total. The van der Waals surface area contributed by atoms with Crippen molar-refractivity contribution >= 4 is 5.82 Å². The van der Waals surface area contributed by atoms with Gasteiger partial charge in [0.1, 0.15) is 5.82 Å². The molecule has 1 aromatic heterocycles. The fraction of sp³-hybridized carbons (Fsp3) is 0.267. The van der Waals surface area contributed by atoms with Crippen LogP contribution in [0.4, 0.5) is 5.82 Å². The lowest BCUT2D eigenvalue weighted by Crippen LogP contribution is -2.12. The Hall–Kier alpha value is -1.87. The van der Waals surface area contributed by atoms with Gasteiger partial charge in [0.05, 0.1) is 6.04 Å². The van der Waals surface area contributed by atoms with Gasteiger partial charge in [-0.3, -0.25) is 0 Å². The van der Waals surface area contributed by atoms with Crippen molar-refractivity contribution in [3.8, 4) is 0 Å². The highest BCUT2D eigenvalue weighted by Crippen LogP contribution is 2.22. The topological polar surface area (TPSA) is 45.1 Å². The fourth-order valence-corrected chi connectivity index (χ4v) is 1.93. The Morgan fingerprint density at radius 2 is 1.83 bits per heavy atom. The molecule has 1 atom stereocenters. The largest absolute Gasteiger partial charge is 0.396 e. The van der Waals surface area contributed by atoms with E-state index in [2.05, 4.69) is 22.4 Å². The van der Waals surface area contributed by atoms with Gasteiger partial charge in [0.2, 0.25) is 0 Å². The van der Waals surface area contributed by atoms with Crippen LogP contribution in [0.15, 0.2) is 54.7 Å². The molecule has 18 heavy (non-hydrogen) atoms. The molecule has 1 heterocycles. The number of nitrogens with one attached hydrogen (secondary N) is 1. The van der Waals surface area contributed by atoms with Crippen molar-refractivity contribution < 1.29 is 5.11 Å². The fourth-order valence-electron chi connectivity index (χ4n) is 1.93. The van der Waals surface area contributed by atoms with E-state index < -0.39 is 0 Å². The summed E-state index contributed by atoms with van der Waals surface area (Å²) in [5.41, 5.74) is 1.22. The number of hydrogen-bond acceptors (Lipinski definition) is 3. The average molecular weight is 242 g/mol. The molecule has 0 radical (unpaired) electrons. The van der Waals surface area contributed by atoms with E-state index in [0.717, 1.165) is 18.7 Å². The highest BCUT2D eigenvalue weighted by Gasteiger charge is 2.10. The SMILES string of the molecule is OCCC[C@H](Nc1ccccn1)c1ccccc1. The van der Waals surface area contributed by atoms with Crippen LogP contribution in [-0.4, -0.2) is 16.7 Å². The lowest BCUT2D eigenvalue weighted by molar-refractivity contribution is 0.281. The third-order valence-corrected chi connectivity index (χ3v) is 2.84. The Labute approximate surface area is 108 Å². The summed E-state index contributed by atoms with van der Waals surface area (Å²) >= 11 is 0. The van der Waals surface area contributed by atoms with E-state index >= 15 is 0 Å². The number of aromatic nitrogens is 1. The van der Waals surface area contributed by atoms with Crippen molar-refractivity contribution in [1.82, 2.24) is 4.98 Å². The Morgan fingerprint density at radius 3 is 2.50 bits per heavy atom. The van der Waals surface area contributed by atoms with E-state index in [0.29, 0.717) is 0 Å². The predicted octanol–water partition coefficient (Wildman–Crippen LogP) is 3.01. The Kier molecular flexibility index (Phi) is 4.73. The molecule has 0 fully saturated rings. The van der Waals surface area contributed by atoms with Crippen molar-refractivity contribution in [2.75, 3.05) is 11.9 Å². The molecule has 0 saturated heterocycles. The first-order chi connectivity index (χ1) is 8.90. The van der Waals surface area contributed by atoms with Crippen LogP contribution >= 0.6 is 0 Å². The van der Waals surface area contributed by atoms with E-state index in [1.807, 2.05) is 36.4 Å². The molecule has 0 aliphatic heterocycles. The van der Waals surface area contributed by atoms with Gasteiger partial charge in [0.25, 0.3) is 0 Å². The molecule has 0 bridgehead atoms. The molecule has 2 N–H and O–H groups in total. The quantitative estimate of drug-likeness (QED) is 0.818. The lowest BCUT2D eigenvalue weighted by Gasteiger charge is -2.19. The van der Waals surface area contributed by atoms with Gasteiger partial charge >= 0.3 is 0 Å². The number of nitrogens with zero attached hydrogens (tertiary/aromatic N) is 1. The van der Waals surface area contributed by atoms with Crippen LogP contribution in [0.25, 0.3) is 0 Å². The van der Waals surface area contributed by atoms with Gasteiger partial charge in [-0.1, -0.05) is 36.4 Å². The second kappa shape index (κ2) is 6.77. The van der Waals surface area contributed by atoms with Crippen LogP contribution in [0.2, 0.25) is 0 Å². The first-order valence-electron chi connectivity index (χ1n) is 6.23. The summed E-state index contributed by atoms with van der Waals surface area (Å²) in [5.74, 6) is 0.865. The maximum atomic E-state index is 8.98. The molecule has 1 aromatic carbocycles. The smallest absolute Gasteiger partial charge is 0.126 e. The Morgan fingerprint density at radius 1 is 1.06 bits per heavy atom. The van der Waals surface area contributed by atoms with Crippen molar-refractivity contribution in [2.24, 2.45) is 0 Å². The summed E-state index contributed by atoms with van der Waals surface area (Å²) < 4.78 is 0. The summed E-state index contributed by atoms with van der Waals surface area (Å²) in [6.07, 6.45) is 3.44. The Balaban J connectivity index is 2.10. The van der Waals surface area contributed by atoms with Crippen molar-refractivity contribution in [3.05, 3.63) is 60.3 Å². The summed E-state index contributed by atoms with van der Waals surface area (Å²) in [4.78, 5) is 4.28. The number of benzene rings is 1. The van der Waals surface area contributed by atoms with E-state index in [4.69, 9.17) is 5.11 Å². The van der Waals surface area contributed by atoms with E-state index in [1.165, 1.54) is 5.56 Å². The van der Waals surface area contributed by atoms with Crippen LogP contribution in [0.5, 0.6) is 0 Å². The maximum Gasteiger partial charge on any atom is 0.126 e. The average Bonchev–Trinajstić information content (AvgIpc) is 2.45. The zero-order valence-electron chi connectivity index (χ0n) is 10.3. The normalized spacial score (nSPS) is 12.1. The van der Waals surface area contributed by atoms with Crippen molar-refractivity contribution in [3.63, 3.8) is 0 Å². The molecule has 2 rings (SSSR count). The highest BCUT2D eigenvalue weighted by molar-refractivity contribution is 5.37. The number of hydrogen-bond donors (Lipinski definition) is 2. The maximum absolute atomic E-state index is 8.98. The van der Waals surface area contributed by atoms with Gasteiger partial charge in [0, 0.05) is 12.8 Å². The minimum atomic E-state index is 0.188. The van der Waals surface area contributed by atoms with Crippen LogP contribution in [0.1, 0.15) is 24.4 Å². The lowest BCUT2D eigenvalue weighted by atomic mass is 10.0. The van der Waals surface area contributed by atoms with Gasteiger partial charge in [-0.2, -0.15) is 0 Å². The van der Waals surface area contributed by atoms with Crippen LogP contribution in [0.3, 0.4) is 0 Å². The summed E-state index contributed by atoms with van der Waals surface area (Å²) in [5, 5.41) is 12.4. The van der Waals surface area contributed by atoms with Crippen molar-refractivity contribution in [2.45, 2.75) is 18.9 Å². The molecule has 0 saturated carbocycles. The predicted molar refractivity (Wildman–Crippen MR) is 73.4 cm³/mol. The highest BCUT2D eigenvalue weighted by atomic mass is 16.2.